The van der Waals surface area contributed by atoms with Gasteiger partial charge in [0.15, 0.2) is 6.10 Å². The first-order valence-electron chi connectivity index (χ1n) is 17.6. The molecular weight excluding hydrogens is 534 g/mol. The molecule has 0 aromatic heterocycles. The van der Waals surface area contributed by atoms with Crippen molar-refractivity contribution in [3.63, 3.8) is 0 Å². The van der Waals surface area contributed by atoms with Crippen molar-refractivity contribution in [2.24, 2.45) is 50.7 Å². The summed E-state index contributed by atoms with van der Waals surface area (Å²) in [5.74, 6) is 2.30. The Morgan fingerprint density at radius 1 is 1.00 bits per heavy atom. The van der Waals surface area contributed by atoms with Gasteiger partial charge in [-0.15, -0.1) is 12.8 Å². The molecular formula is C38H63NO4. The van der Waals surface area contributed by atoms with E-state index < -0.39 is 11.7 Å². The number of fused-ring (bicyclic) bond motifs is 4. The highest BCUT2D eigenvalue weighted by atomic mass is 16.6. The summed E-state index contributed by atoms with van der Waals surface area (Å²) in [5.41, 5.74) is 0.855. The Morgan fingerprint density at radius 3 is 2.19 bits per heavy atom. The lowest BCUT2D eigenvalue weighted by Crippen LogP contribution is -2.60. The van der Waals surface area contributed by atoms with E-state index in [1.54, 1.807) is 13.8 Å². The number of carbonyl (C=O) groups is 1. The average molecular weight is 598 g/mol. The van der Waals surface area contributed by atoms with Crippen molar-refractivity contribution in [2.75, 3.05) is 13.1 Å². The van der Waals surface area contributed by atoms with E-state index in [1.807, 2.05) is 0 Å². The van der Waals surface area contributed by atoms with Gasteiger partial charge >= 0.3 is 5.97 Å². The van der Waals surface area contributed by atoms with Crippen LogP contribution in [0, 0.1) is 63.6 Å². The van der Waals surface area contributed by atoms with Crippen LogP contribution in [0.15, 0.2) is 0 Å². The molecule has 5 aliphatic carbocycles. The lowest BCUT2D eigenvalue weighted by molar-refractivity contribution is -0.209. The zero-order valence-corrected chi connectivity index (χ0v) is 29.2. The minimum absolute atomic E-state index is 0.177. The fourth-order valence-corrected chi connectivity index (χ4v) is 13.7. The number of hydrogen-bond donors (Lipinski definition) is 1. The molecule has 3 unspecified atom stereocenters. The third-order valence-corrected chi connectivity index (χ3v) is 15.3. The SMILES string of the molecule is C#C.CCN(CC)C1CC[C@]23C[C@]24CC[C@]2(C)C5[C@H](C)C[C@H]([C@H](OC(C)=O)C(C)(C)O)O[C@@H]5C[C@@]2(C)[C@@H]4CCC3C1(C)C. The predicted molar refractivity (Wildman–Crippen MR) is 173 cm³/mol. The normalized spacial score (nSPS) is 48.3. The summed E-state index contributed by atoms with van der Waals surface area (Å²) in [4.78, 5) is 14.8. The fourth-order valence-electron chi connectivity index (χ4n) is 13.7. The van der Waals surface area contributed by atoms with Gasteiger partial charge in [0, 0.05) is 13.0 Å². The van der Waals surface area contributed by atoms with Gasteiger partial charge in [-0.1, -0.05) is 48.5 Å². The molecule has 5 nitrogen and oxygen atoms in total. The Hall–Kier alpha value is -1.09. The van der Waals surface area contributed by atoms with Crippen LogP contribution in [0.25, 0.3) is 0 Å². The monoisotopic (exact) mass is 597 g/mol. The van der Waals surface area contributed by atoms with Gasteiger partial charge in [-0.05, 0) is 135 Å². The molecule has 1 heterocycles. The number of ether oxygens (including phenoxy) is 2. The predicted octanol–water partition coefficient (Wildman–Crippen LogP) is 7.49. The lowest BCUT2D eigenvalue weighted by Gasteiger charge is -2.64. The van der Waals surface area contributed by atoms with E-state index in [2.05, 4.69) is 66.2 Å². The summed E-state index contributed by atoms with van der Waals surface area (Å²) in [7, 11) is 0. The number of terminal acetylenes is 1. The zero-order chi connectivity index (χ0) is 32.0. The number of nitrogens with zero attached hydrogens (tertiary/aromatic N) is 1. The molecule has 244 valence electrons. The van der Waals surface area contributed by atoms with E-state index >= 15 is 0 Å². The molecule has 0 amide bonds. The van der Waals surface area contributed by atoms with E-state index in [0.29, 0.717) is 34.1 Å². The Kier molecular flexibility index (Phi) is 8.31. The Bertz CT molecular complexity index is 1090. The van der Waals surface area contributed by atoms with Gasteiger partial charge in [0.1, 0.15) is 0 Å². The van der Waals surface area contributed by atoms with E-state index in [9.17, 15) is 9.90 Å². The summed E-state index contributed by atoms with van der Waals surface area (Å²) in [5, 5.41) is 11.0. The summed E-state index contributed by atoms with van der Waals surface area (Å²) in [6, 6.07) is 0.716. The minimum Gasteiger partial charge on any atom is -0.457 e. The highest BCUT2D eigenvalue weighted by Crippen LogP contribution is 2.89. The van der Waals surface area contributed by atoms with Gasteiger partial charge < -0.3 is 19.5 Å². The molecule has 5 saturated carbocycles. The van der Waals surface area contributed by atoms with Crippen LogP contribution in [-0.4, -0.2) is 59.0 Å². The van der Waals surface area contributed by atoms with Gasteiger partial charge in [0.2, 0.25) is 0 Å². The number of aliphatic hydroxyl groups is 1. The van der Waals surface area contributed by atoms with Crippen LogP contribution in [0.4, 0.5) is 0 Å². The van der Waals surface area contributed by atoms with Gasteiger partial charge in [-0.25, -0.2) is 0 Å². The van der Waals surface area contributed by atoms with Crippen LogP contribution < -0.4 is 0 Å². The summed E-state index contributed by atoms with van der Waals surface area (Å²) < 4.78 is 12.7. The molecule has 1 saturated heterocycles. The second-order valence-corrected chi connectivity index (χ2v) is 17.4. The number of esters is 1. The topological polar surface area (TPSA) is 59.0 Å². The second-order valence-electron chi connectivity index (χ2n) is 17.4. The van der Waals surface area contributed by atoms with Crippen molar-refractivity contribution in [2.45, 2.75) is 157 Å². The van der Waals surface area contributed by atoms with Crippen LogP contribution >= 0.6 is 0 Å². The van der Waals surface area contributed by atoms with Gasteiger partial charge in [-0.3, -0.25) is 4.79 Å². The smallest absolute Gasteiger partial charge is 0.303 e. The average Bonchev–Trinajstić information content (AvgIpc) is 3.52. The lowest BCUT2D eigenvalue weighted by atomic mass is 9.41. The van der Waals surface area contributed by atoms with E-state index in [-0.39, 0.29) is 29.0 Å². The quantitative estimate of drug-likeness (QED) is 0.254. The maximum Gasteiger partial charge on any atom is 0.303 e. The van der Waals surface area contributed by atoms with Gasteiger partial charge in [-0.2, -0.15) is 0 Å². The van der Waals surface area contributed by atoms with Crippen LogP contribution in [0.2, 0.25) is 0 Å². The molecule has 6 aliphatic rings. The summed E-state index contributed by atoms with van der Waals surface area (Å²) in [6.45, 7) is 25.0. The number of hydrogen-bond acceptors (Lipinski definition) is 5. The summed E-state index contributed by atoms with van der Waals surface area (Å²) in [6.07, 6.45) is 19.0. The Morgan fingerprint density at radius 2 is 1.60 bits per heavy atom. The van der Waals surface area contributed by atoms with Crippen LogP contribution in [0.3, 0.4) is 0 Å². The van der Waals surface area contributed by atoms with Gasteiger partial charge in [0.25, 0.3) is 0 Å². The second kappa shape index (κ2) is 10.7. The van der Waals surface area contributed by atoms with E-state index in [1.165, 1.54) is 65.0 Å². The van der Waals surface area contributed by atoms with Crippen molar-refractivity contribution in [3.05, 3.63) is 0 Å². The van der Waals surface area contributed by atoms with Crippen molar-refractivity contribution in [3.8, 4) is 12.8 Å². The molecule has 2 spiro atoms. The van der Waals surface area contributed by atoms with E-state index in [4.69, 9.17) is 9.47 Å². The Labute approximate surface area is 263 Å². The molecule has 6 fully saturated rings. The molecule has 5 heteroatoms. The van der Waals surface area contributed by atoms with Gasteiger partial charge in [0.05, 0.1) is 17.8 Å². The maximum atomic E-state index is 12.0. The third-order valence-electron chi connectivity index (χ3n) is 15.3. The first-order chi connectivity index (χ1) is 20.0. The largest absolute Gasteiger partial charge is 0.457 e. The molecule has 12 atom stereocenters. The van der Waals surface area contributed by atoms with Crippen LogP contribution in [0.5, 0.6) is 0 Å². The van der Waals surface area contributed by atoms with Crippen LogP contribution in [-0.2, 0) is 14.3 Å². The highest BCUT2D eigenvalue weighted by Gasteiger charge is 2.83. The molecule has 0 aromatic rings. The Balaban J connectivity index is 0.00000180. The highest BCUT2D eigenvalue weighted by molar-refractivity contribution is 5.66. The van der Waals surface area contributed by atoms with Crippen molar-refractivity contribution < 1.29 is 19.4 Å². The maximum absolute atomic E-state index is 12.0. The third kappa shape index (κ3) is 4.46. The van der Waals surface area contributed by atoms with Crippen molar-refractivity contribution in [1.29, 1.82) is 0 Å². The van der Waals surface area contributed by atoms with Crippen molar-refractivity contribution >= 4 is 5.97 Å². The molecule has 0 aromatic carbocycles. The van der Waals surface area contributed by atoms with Crippen LogP contribution in [0.1, 0.15) is 127 Å². The molecule has 1 N–H and O–H groups in total. The number of rotatable bonds is 6. The molecule has 1 aliphatic heterocycles. The fraction of sp³-hybridized carbons (Fsp3) is 0.921. The van der Waals surface area contributed by atoms with E-state index in [0.717, 1.165) is 24.7 Å². The molecule has 0 radical (unpaired) electrons. The molecule has 6 rings (SSSR count). The zero-order valence-electron chi connectivity index (χ0n) is 29.2. The minimum atomic E-state index is -1.14. The number of carbonyl (C=O) groups excluding carboxylic acids is 1. The first-order valence-corrected chi connectivity index (χ1v) is 17.6. The molecule has 43 heavy (non-hydrogen) atoms. The molecule has 0 bridgehead atoms. The standard InChI is InChI=1S/C36H61NO4.C2H2/c1-11-37(12-2)28-15-16-35-21-36(35)18-17-33(9)29-22(3)19-24(30(32(7,8)39)40-23(4)38)41-25(29)20-34(33,10)27(36)14-13-26(35)31(28,5)6;1-2/h22,24-30,39H,11-21H2,1-10H3;1-2H/t22-,24-,25-,26?,27+,28?,29?,30+,33-,34+,35-,36+;/m1./s1. The summed E-state index contributed by atoms with van der Waals surface area (Å²) >= 11 is 0. The first kappa shape index (κ1) is 33.3. The van der Waals surface area contributed by atoms with Crippen molar-refractivity contribution in [1.82, 2.24) is 4.90 Å².